The zero-order chi connectivity index (χ0) is 24.0. The first-order valence-corrected chi connectivity index (χ1v) is 10.9. The summed E-state index contributed by atoms with van der Waals surface area (Å²) in [4.78, 5) is 34.9. The second-order valence-corrected chi connectivity index (χ2v) is 8.37. The third-order valence-electron chi connectivity index (χ3n) is 6.18. The monoisotopic (exact) mass is 453 g/mol. The summed E-state index contributed by atoms with van der Waals surface area (Å²) in [6.45, 7) is 6.10. The molecule has 34 heavy (non-hydrogen) atoms. The van der Waals surface area contributed by atoms with Crippen LogP contribution in [-0.4, -0.2) is 54.0 Å². The third kappa shape index (κ3) is 3.49. The van der Waals surface area contributed by atoms with Gasteiger partial charge in [-0.2, -0.15) is 5.10 Å². The lowest BCUT2D eigenvalue weighted by atomic mass is 10.1. The zero-order valence-electron chi connectivity index (χ0n) is 18.9. The molecule has 5 rings (SSSR count). The number of ketones is 1. The molecule has 2 N–H and O–H groups in total. The Morgan fingerprint density at radius 3 is 2.85 bits per heavy atom. The molecular formula is C25H23N7O2. The number of hydrogen-bond acceptors (Lipinski definition) is 6. The van der Waals surface area contributed by atoms with Gasteiger partial charge in [0.1, 0.15) is 11.5 Å². The molecule has 4 aromatic rings. The number of carbonyl (C=O) groups is 2. The number of nitrogens with two attached hydrogens (primary N) is 1. The van der Waals surface area contributed by atoms with E-state index >= 15 is 0 Å². The second-order valence-electron chi connectivity index (χ2n) is 8.37. The van der Waals surface area contributed by atoms with Crippen molar-refractivity contribution in [1.29, 1.82) is 0 Å². The summed E-state index contributed by atoms with van der Waals surface area (Å²) in [5.41, 5.74) is 10.4. The Bertz CT molecular complexity index is 1550. The molecule has 1 atom stereocenters. The van der Waals surface area contributed by atoms with Gasteiger partial charge in [0.05, 0.1) is 39.9 Å². The van der Waals surface area contributed by atoms with Gasteiger partial charge in [-0.3, -0.25) is 14.3 Å². The van der Waals surface area contributed by atoms with Crippen molar-refractivity contribution in [3.63, 3.8) is 0 Å². The number of aromatic nitrogens is 5. The number of hydrogen-bond donors (Lipinski definition) is 1. The normalized spacial score (nSPS) is 15.5. The van der Waals surface area contributed by atoms with Gasteiger partial charge < -0.3 is 15.2 Å². The van der Waals surface area contributed by atoms with Crippen LogP contribution in [0.1, 0.15) is 41.0 Å². The average molecular weight is 454 g/mol. The number of aryl methyl sites for hydroxylation is 1. The van der Waals surface area contributed by atoms with Crippen LogP contribution in [-0.2, 0) is 11.8 Å². The average Bonchev–Trinajstić information content (AvgIpc) is 3.55. The molecular weight excluding hydrogens is 430 g/mol. The van der Waals surface area contributed by atoms with Crippen LogP contribution in [0, 0.1) is 11.8 Å². The van der Waals surface area contributed by atoms with Gasteiger partial charge in [-0.25, -0.2) is 9.97 Å². The molecule has 0 unspecified atom stereocenters. The lowest BCUT2D eigenvalue weighted by Crippen LogP contribution is -2.27. The minimum atomic E-state index is -0.143. The SMILES string of the molecule is C=CC(=O)N1CC[C@H](n2nc(C#Cc3ccc4c(c3)ncn4C)c3c(N)ncc(C(C)=O)c32)C1. The molecule has 1 amide bonds. The number of imidazole rings is 1. The number of Topliss-reactive ketones (excluding diaryl/α,β-unsaturated/α-hetero) is 1. The topological polar surface area (TPSA) is 112 Å². The summed E-state index contributed by atoms with van der Waals surface area (Å²) in [5.74, 6) is 6.26. The Morgan fingerprint density at radius 1 is 1.26 bits per heavy atom. The van der Waals surface area contributed by atoms with Gasteiger partial charge in [0.25, 0.3) is 0 Å². The first-order chi connectivity index (χ1) is 16.4. The van der Waals surface area contributed by atoms with Crippen molar-refractivity contribution in [2.24, 2.45) is 7.05 Å². The van der Waals surface area contributed by atoms with E-state index < -0.39 is 0 Å². The second kappa shape index (κ2) is 8.15. The molecule has 1 aliphatic rings. The fourth-order valence-electron chi connectivity index (χ4n) is 4.42. The number of anilines is 1. The summed E-state index contributed by atoms with van der Waals surface area (Å²) in [6.07, 6.45) is 5.24. The highest BCUT2D eigenvalue weighted by atomic mass is 16.2. The number of benzene rings is 1. The van der Waals surface area contributed by atoms with Crippen molar-refractivity contribution >= 4 is 39.4 Å². The highest BCUT2D eigenvalue weighted by Crippen LogP contribution is 2.32. The van der Waals surface area contributed by atoms with E-state index in [-0.39, 0.29) is 23.6 Å². The predicted molar refractivity (Wildman–Crippen MR) is 129 cm³/mol. The Morgan fingerprint density at radius 2 is 2.09 bits per heavy atom. The number of nitrogens with zero attached hydrogens (tertiary/aromatic N) is 6. The molecule has 1 aromatic carbocycles. The summed E-state index contributed by atoms with van der Waals surface area (Å²) in [7, 11) is 1.94. The summed E-state index contributed by atoms with van der Waals surface area (Å²) in [5, 5.41) is 5.31. The third-order valence-corrected chi connectivity index (χ3v) is 6.18. The fraction of sp³-hybridized carbons (Fsp3) is 0.240. The predicted octanol–water partition coefficient (Wildman–Crippen LogP) is 2.46. The van der Waals surface area contributed by atoms with Crippen LogP contribution in [0.5, 0.6) is 0 Å². The van der Waals surface area contributed by atoms with E-state index in [9.17, 15) is 9.59 Å². The highest BCUT2D eigenvalue weighted by Gasteiger charge is 2.30. The van der Waals surface area contributed by atoms with Gasteiger partial charge in [0.15, 0.2) is 5.78 Å². The molecule has 0 spiro atoms. The van der Waals surface area contributed by atoms with E-state index in [0.29, 0.717) is 41.7 Å². The van der Waals surface area contributed by atoms with Crippen molar-refractivity contribution < 1.29 is 9.59 Å². The maximum atomic E-state index is 12.4. The lowest BCUT2D eigenvalue weighted by molar-refractivity contribution is -0.125. The van der Waals surface area contributed by atoms with Crippen LogP contribution in [0.4, 0.5) is 5.82 Å². The van der Waals surface area contributed by atoms with Crippen molar-refractivity contribution in [3.05, 3.63) is 60.2 Å². The molecule has 1 aliphatic heterocycles. The number of pyridine rings is 1. The lowest BCUT2D eigenvalue weighted by Gasteiger charge is -2.16. The molecule has 0 aliphatic carbocycles. The summed E-state index contributed by atoms with van der Waals surface area (Å²) < 4.78 is 3.73. The minimum Gasteiger partial charge on any atom is -0.383 e. The van der Waals surface area contributed by atoms with Gasteiger partial charge in [0, 0.05) is 31.9 Å². The number of rotatable bonds is 3. The standard InChI is InChI=1S/C25H23N7O2/c1-4-22(34)31-10-9-17(13-31)32-24-18(15(2)33)12-27-25(26)23(24)19(29-32)7-5-16-6-8-21-20(11-16)28-14-30(21)3/h4,6,8,11-12,14,17H,1,9-10,13H2,2-3H3,(H2,26,27)/t17-/m0/s1. The Labute approximate surface area is 195 Å². The minimum absolute atomic E-state index is 0.119. The molecule has 9 nitrogen and oxygen atoms in total. The number of likely N-dealkylation sites (tertiary alicyclic amines) is 1. The van der Waals surface area contributed by atoms with Gasteiger partial charge in [-0.1, -0.05) is 12.5 Å². The fourth-order valence-corrected chi connectivity index (χ4v) is 4.42. The summed E-state index contributed by atoms with van der Waals surface area (Å²) in [6, 6.07) is 5.69. The van der Waals surface area contributed by atoms with E-state index in [1.165, 1.54) is 19.2 Å². The van der Waals surface area contributed by atoms with Crippen LogP contribution >= 0.6 is 0 Å². The molecule has 9 heteroatoms. The van der Waals surface area contributed by atoms with Gasteiger partial charge >= 0.3 is 0 Å². The molecule has 0 radical (unpaired) electrons. The highest BCUT2D eigenvalue weighted by molar-refractivity contribution is 6.09. The Kier molecular flexibility index (Phi) is 5.13. The largest absolute Gasteiger partial charge is 0.383 e. The van der Waals surface area contributed by atoms with Crippen molar-refractivity contribution in [3.8, 4) is 11.8 Å². The van der Waals surface area contributed by atoms with E-state index in [4.69, 9.17) is 10.8 Å². The molecule has 1 saturated heterocycles. The van der Waals surface area contributed by atoms with Gasteiger partial charge in [0.2, 0.25) is 5.91 Å². The number of carbonyl (C=O) groups excluding carboxylic acids is 2. The van der Waals surface area contributed by atoms with Crippen LogP contribution in [0.15, 0.2) is 43.4 Å². The first-order valence-electron chi connectivity index (χ1n) is 10.9. The van der Waals surface area contributed by atoms with Gasteiger partial charge in [-0.05, 0) is 43.5 Å². The maximum Gasteiger partial charge on any atom is 0.246 e. The Balaban J connectivity index is 1.63. The molecule has 1 fully saturated rings. The summed E-state index contributed by atoms with van der Waals surface area (Å²) >= 11 is 0. The number of fused-ring (bicyclic) bond motifs is 2. The molecule has 3 aromatic heterocycles. The van der Waals surface area contributed by atoms with Gasteiger partial charge in [-0.15, -0.1) is 0 Å². The van der Waals surface area contributed by atoms with E-state index in [2.05, 4.69) is 28.4 Å². The van der Waals surface area contributed by atoms with Crippen LogP contribution in [0.3, 0.4) is 0 Å². The Hall–Kier alpha value is -4.45. The molecule has 0 bridgehead atoms. The number of amides is 1. The van der Waals surface area contributed by atoms with Crippen LogP contribution < -0.4 is 5.73 Å². The first kappa shape index (κ1) is 21.4. The van der Waals surface area contributed by atoms with Crippen molar-refractivity contribution in [2.75, 3.05) is 18.8 Å². The van der Waals surface area contributed by atoms with Crippen molar-refractivity contribution in [2.45, 2.75) is 19.4 Å². The molecule has 4 heterocycles. The van der Waals surface area contributed by atoms with E-state index in [1.807, 2.05) is 29.8 Å². The van der Waals surface area contributed by atoms with E-state index in [0.717, 1.165) is 16.6 Å². The quantitative estimate of drug-likeness (QED) is 0.290. The van der Waals surface area contributed by atoms with Crippen LogP contribution in [0.2, 0.25) is 0 Å². The van der Waals surface area contributed by atoms with Crippen molar-refractivity contribution in [1.82, 2.24) is 29.2 Å². The molecule has 0 saturated carbocycles. The van der Waals surface area contributed by atoms with Crippen LogP contribution in [0.25, 0.3) is 21.9 Å². The molecule has 170 valence electrons. The number of nitrogen functional groups attached to an aromatic ring is 1. The van der Waals surface area contributed by atoms with E-state index in [1.54, 1.807) is 15.9 Å². The maximum absolute atomic E-state index is 12.4. The smallest absolute Gasteiger partial charge is 0.246 e. The zero-order valence-corrected chi connectivity index (χ0v) is 18.9.